The van der Waals surface area contributed by atoms with Gasteiger partial charge in [0.2, 0.25) is 0 Å². The quantitative estimate of drug-likeness (QED) is 0.531. The first-order valence-corrected chi connectivity index (χ1v) is 7.45. The minimum atomic E-state index is -0.964. The van der Waals surface area contributed by atoms with Gasteiger partial charge in [0.15, 0.2) is 0 Å². The van der Waals surface area contributed by atoms with Crippen LogP contribution in [-0.4, -0.2) is 0 Å². The maximum absolute atomic E-state index is 13.7. The van der Waals surface area contributed by atoms with Crippen LogP contribution in [0.25, 0.3) is 9.40 Å². The molecule has 1 aromatic carbocycles. The predicted molar refractivity (Wildman–Crippen MR) is 73.7 cm³/mol. The van der Waals surface area contributed by atoms with E-state index < -0.39 is 22.8 Å². The lowest BCUT2D eigenvalue weighted by Crippen LogP contribution is -2.00. The van der Waals surface area contributed by atoms with E-state index in [1.165, 1.54) is 22.7 Å². The Morgan fingerprint density at radius 3 is 2.32 bits per heavy atom. The Morgan fingerprint density at radius 2 is 1.68 bits per heavy atom. The molecule has 0 N–H and O–H groups in total. The highest BCUT2D eigenvalue weighted by Crippen LogP contribution is 2.40. The van der Waals surface area contributed by atoms with Gasteiger partial charge in [0.05, 0.1) is 5.38 Å². The molecule has 6 heteroatoms. The highest BCUT2D eigenvalue weighted by Gasteiger charge is 2.23. The van der Waals surface area contributed by atoms with E-state index in [1.54, 1.807) is 0 Å². The van der Waals surface area contributed by atoms with Crippen molar-refractivity contribution in [1.29, 1.82) is 0 Å². The minimum Gasteiger partial charge on any atom is -0.207 e. The van der Waals surface area contributed by atoms with E-state index in [1.807, 2.05) is 17.5 Å². The molecule has 0 bridgehead atoms. The summed E-state index contributed by atoms with van der Waals surface area (Å²) in [6.07, 6.45) is 0. The fraction of sp³-hybridized carbons (Fsp3) is 0.0769. The van der Waals surface area contributed by atoms with Crippen molar-refractivity contribution in [2.45, 2.75) is 5.38 Å². The molecule has 2 aromatic heterocycles. The average molecular weight is 319 g/mol. The van der Waals surface area contributed by atoms with E-state index in [4.69, 9.17) is 11.6 Å². The van der Waals surface area contributed by atoms with Crippen molar-refractivity contribution in [3.63, 3.8) is 0 Å². The third kappa shape index (κ3) is 2.26. The van der Waals surface area contributed by atoms with Gasteiger partial charge in [0, 0.05) is 32.0 Å². The summed E-state index contributed by atoms with van der Waals surface area (Å²) in [4.78, 5) is 0.646. The van der Waals surface area contributed by atoms with Crippen LogP contribution in [0.4, 0.5) is 13.2 Å². The fourth-order valence-corrected chi connectivity index (χ4v) is 4.36. The molecule has 0 nitrogen and oxygen atoms in total. The van der Waals surface area contributed by atoms with Crippen molar-refractivity contribution >= 4 is 43.7 Å². The number of thiophene rings is 2. The van der Waals surface area contributed by atoms with Crippen molar-refractivity contribution < 1.29 is 13.2 Å². The molecule has 0 radical (unpaired) electrons. The zero-order chi connectivity index (χ0) is 13.6. The number of hydrogen-bond donors (Lipinski definition) is 0. The first-order chi connectivity index (χ1) is 9.06. The van der Waals surface area contributed by atoms with Gasteiger partial charge in [-0.2, -0.15) is 0 Å². The number of benzene rings is 1. The van der Waals surface area contributed by atoms with Crippen molar-refractivity contribution in [3.05, 3.63) is 57.5 Å². The number of fused-ring (bicyclic) bond motifs is 1. The van der Waals surface area contributed by atoms with Crippen molar-refractivity contribution in [2.24, 2.45) is 0 Å². The molecule has 1 atom stereocenters. The van der Waals surface area contributed by atoms with Gasteiger partial charge in [0.1, 0.15) is 17.5 Å². The van der Waals surface area contributed by atoms with Gasteiger partial charge in [-0.05, 0) is 17.5 Å². The highest BCUT2D eigenvalue weighted by molar-refractivity contribution is 7.27. The third-order valence-corrected chi connectivity index (χ3v) is 5.45. The van der Waals surface area contributed by atoms with Gasteiger partial charge in [-0.3, -0.25) is 0 Å². The lowest BCUT2D eigenvalue weighted by molar-refractivity contribution is 0.526. The molecule has 19 heavy (non-hydrogen) atoms. The van der Waals surface area contributed by atoms with Crippen molar-refractivity contribution in [2.75, 3.05) is 0 Å². The molecule has 0 amide bonds. The Bertz CT molecular complexity index is 696. The van der Waals surface area contributed by atoms with Crippen LogP contribution in [0, 0.1) is 17.5 Å². The predicted octanol–water partition coefficient (Wildman–Crippen LogP) is 5.71. The summed E-state index contributed by atoms with van der Waals surface area (Å²) in [5.74, 6) is -2.88. The number of rotatable bonds is 2. The van der Waals surface area contributed by atoms with E-state index >= 15 is 0 Å². The highest BCUT2D eigenvalue weighted by atomic mass is 35.5. The van der Waals surface area contributed by atoms with Crippen LogP contribution in [-0.2, 0) is 0 Å². The number of hydrogen-bond acceptors (Lipinski definition) is 2. The first-order valence-electron chi connectivity index (χ1n) is 5.31. The Kier molecular flexibility index (Phi) is 3.28. The molecule has 0 aliphatic rings. The maximum Gasteiger partial charge on any atom is 0.134 e. The summed E-state index contributed by atoms with van der Waals surface area (Å²) in [6.45, 7) is 0. The first kappa shape index (κ1) is 13.0. The van der Waals surface area contributed by atoms with Crippen LogP contribution < -0.4 is 0 Å². The van der Waals surface area contributed by atoms with E-state index in [9.17, 15) is 13.2 Å². The molecule has 2 heterocycles. The van der Waals surface area contributed by atoms with E-state index in [0.717, 1.165) is 9.40 Å². The summed E-state index contributed by atoms with van der Waals surface area (Å²) in [7, 11) is 0. The molecule has 3 rings (SSSR count). The summed E-state index contributed by atoms with van der Waals surface area (Å²) in [6, 6.07) is 5.02. The fourth-order valence-electron chi connectivity index (χ4n) is 1.85. The van der Waals surface area contributed by atoms with Crippen LogP contribution in [0.1, 0.15) is 15.8 Å². The maximum atomic E-state index is 13.7. The zero-order valence-electron chi connectivity index (χ0n) is 9.29. The third-order valence-electron chi connectivity index (χ3n) is 2.71. The summed E-state index contributed by atoms with van der Waals surface area (Å²) < 4.78 is 42.3. The monoisotopic (exact) mass is 318 g/mol. The molecule has 0 fully saturated rings. The summed E-state index contributed by atoms with van der Waals surface area (Å²) in [5.41, 5.74) is -0.308. The number of halogens is 4. The van der Waals surface area contributed by atoms with Gasteiger partial charge in [-0.1, -0.05) is 0 Å². The topological polar surface area (TPSA) is 0 Å². The normalized spacial score (nSPS) is 13.1. The van der Waals surface area contributed by atoms with Gasteiger partial charge in [-0.15, -0.1) is 34.3 Å². The largest absolute Gasteiger partial charge is 0.207 e. The van der Waals surface area contributed by atoms with Crippen LogP contribution in [0.3, 0.4) is 0 Å². The van der Waals surface area contributed by atoms with Crippen LogP contribution in [0.5, 0.6) is 0 Å². The molecular formula is C13H6ClF3S2. The summed E-state index contributed by atoms with van der Waals surface area (Å²) >= 11 is 9.05. The number of alkyl halides is 1. The van der Waals surface area contributed by atoms with E-state index in [2.05, 4.69) is 0 Å². The van der Waals surface area contributed by atoms with Crippen LogP contribution >= 0.6 is 34.3 Å². The van der Waals surface area contributed by atoms with Gasteiger partial charge < -0.3 is 0 Å². The van der Waals surface area contributed by atoms with Gasteiger partial charge >= 0.3 is 0 Å². The minimum absolute atomic E-state index is 0.308. The summed E-state index contributed by atoms with van der Waals surface area (Å²) in [5, 5.41) is 0.984. The Hall–Kier alpha value is -1.04. The molecule has 3 aromatic rings. The Labute approximate surface area is 120 Å². The lowest BCUT2D eigenvalue weighted by Gasteiger charge is -2.10. The average Bonchev–Trinajstić information content (AvgIpc) is 2.86. The van der Waals surface area contributed by atoms with E-state index in [0.29, 0.717) is 17.0 Å². The van der Waals surface area contributed by atoms with E-state index in [-0.39, 0.29) is 5.56 Å². The van der Waals surface area contributed by atoms with Crippen LogP contribution in [0.2, 0.25) is 0 Å². The molecule has 0 saturated heterocycles. The second kappa shape index (κ2) is 4.81. The zero-order valence-corrected chi connectivity index (χ0v) is 11.7. The Morgan fingerprint density at radius 1 is 1.00 bits per heavy atom. The SMILES string of the molecule is Fc1cc(F)c(C(Cl)c2cc3sccc3s2)c(F)c1. The molecule has 1 unspecified atom stereocenters. The Balaban J connectivity index is 2.09. The molecule has 0 aliphatic carbocycles. The van der Waals surface area contributed by atoms with Crippen molar-refractivity contribution in [1.82, 2.24) is 0 Å². The van der Waals surface area contributed by atoms with Crippen molar-refractivity contribution in [3.8, 4) is 0 Å². The molecule has 0 aliphatic heterocycles. The lowest BCUT2D eigenvalue weighted by atomic mass is 10.1. The van der Waals surface area contributed by atoms with Crippen LogP contribution in [0.15, 0.2) is 29.6 Å². The molecule has 0 saturated carbocycles. The second-order valence-corrected chi connectivity index (χ2v) is 6.44. The van der Waals surface area contributed by atoms with Gasteiger partial charge in [0.25, 0.3) is 0 Å². The second-order valence-electron chi connectivity index (χ2n) is 3.94. The molecular weight excluding hydrogens is 313 g/mol. The smallest absolute Gasteiger partial charge is 0.134 e. The molecule has 98 valence electrons. The standard InChI is InChI=1S/C13H6ClF3S2/c14-13(11-5-10-9(19-11)1-2-18-10)12-7(16)3-6(15)4-8(12)17/h1-5,13H. The van der Waals surface area contributed by atoms with Gasteiger partial charge in [-0.25, -0.2) is 13.2 Å². The molecule has 0 spiro atoms.